The summed E-state index contributed by atoms with van der Waals surface area (Å²) in [6, 6.07) is 10.4. The lowest BCUT2D eigenvalue weighted by Crippen LogP contribution is -1.83. The van der Waals surface area contributed by atoms with Gasteiger partial charge in [-0.05, 0) is 37.0 Å². The molecule has 0 saturated heterocycles. The summed E-state index contributed by atoms with van der Waals surface area (Å²) in [6.45, 7) is 6.46. The summed E-state index contributed by atoms with van der Waals surface area (Å²) in [7, 11) is 0. The first kappa shape index (κ1) is 10.8. The zero-order valence-electron chi connectivity index (χ0n) is 9.25. The Hall–Kier alpha value is -1.30. The van der Waals surface area contributed by atoms with Crippen molar-refractivity contribution in [2.75, 3.05) is 0 Å². The molecule has 0 radical (unpaired) electrons. The summed E-state index contributed by atoms with van der Waals surface area (Å²) in [5.74, 6) is 0. The maximum Gasteiger partial charge on any atom is -0.0254 e. The largest absolute Gasteiger partial charge is 0.0842 e. The van der Waals surface area contributed by atoms with Crippen molar-refractivity contribution in [2.45, 2.75) is 27.2 Å². The van der Waals surface area contributed by atoms with E-state index in [0.717, 1.165) is 6.42 Å². The topological polar surface area (TPSA) is 0 Å². The Morgan fingerprint density at radius 2 is 1.86 bits per heavy atom. The highest BCUT2D eigenvalue weighted by Crippen LogP contribution is 2.16. The number of rotatable bonds is 3. The molecule has 0 saturated carbocycles. The molecular weight excluding hydrogens is 168 g/mol. The number of hydrogen-bond acceptors (Lipinski definition) is 0. The number of benzene rings is 1. The zero-order valence-corrected chi connectivity index (χ0v) is 9.25. The Morgan fingerprint density at radius 1 is 1.21 bits per heavy atom. The zero-order chi connectivity index (χ0) is 10.4. The summed E-state index contributed by atoms with van der Waals surface area (Å²) < 4.78 is 0. The van der Waals surface area contributed by atoms with Crippen molar-refractivity contribution in [1.29, 1.82) is 0 Å². The molecule has 74 valence electrons. The van der Waals surface area contributed by atoms with Gasteiger partial charge in [0, 0.05) is 0 Å². The first-order valence-corrected chi connectivity index (χ1v) is 5.16. The van der Waals surface area contributed by atoms with E-state index < -0.39 is 0 Å². The van der Waals surface area contributed by atoms with Crippen molar-refractivity contribution in [3.05, 3.63) is 53.1 Å². The lowest BCUT2D eigenvalue weighted by atomic mass is 10.0. The van der Waals surface area contributed by atoms with Crippen molar-refractivity contribution >= 4 is 6.08 Å². The van der Waals surface area contributed by atoms with Gasteiger partial charge < -0.3 is 0 Å². The van der Waals surface area contributed by atoms with E-state index in [9.17, 15) is 0 Å². The molecule has 0 aromatic heterocycles. The minimum Gasteiger partial charge on any atom is -0.0842 e. The second kappa shape index (κ2) is 5.43. The molecule has 0 bridgehead atoms. The second-order valence-electron chi connectivity index (χ2n) is 3.41. The Kier molecular flexibility index (Phi) is 4.18. The fraction of sp³-hybridized carbons (Fsp3) is 0.286. The third-order valence-corrected chi connectivity index (χ3v) is 2.42. The molecule has 14 heavy (non-hydrogen) atoms. The van der Waals surface area contributed by atoms with Crippen LogP contribution in [0.4, 0.5) is 0 Å². The van der Waals surface area contributed by atoms with Gasteiger partial charge in [0.25, 0.3) is 0 Å². The van der Waals surface area contributed by atoms with Crippen molar-refractivity contribution in [2.24, 2.45) is 0 Å². The average molecular weight is 186 g/mol. The molecular formula is C14H18. The van der Waals surface area contributed by atoms with Crippen molar-refractivity contribution in [3.8, 4) is 0 Å². The van der Waals surface area contributed by atoms with Crippen molar-refractivity contribution in [3.63, 3.8) is 0 Å². The second-order valence-corrected chi connectivity index (χ2v) is 3.41. The van der Waals surface area contributed by atoms with Crippen LogP contribution in [0.5, 0.6) is 0 Å². The predicted octanol–water partition coefficient (Wildman–Crippen LogP) is 4.45. The molecule has 0 aliphatic carbocycles. The lowest BCUT2D eigenvalue weighted by molar-refractivity contribution is 1.10. The number of allylic oxidation sites excluding steroid dienone is 3. The van der Waals surface area contributed by atoms with E-state index in [0.29, 0.717) is 0 Å². The molecule has 0 aliphatic rings. The van der Waals surface area contributed by atoms with Crippen LogP contribution >= 0.6 is 0 Å². The first-order chi connectivity index (χ1) is 6.77. The number of hydrogen-bond donors (Lipinski definition) is 0. The van der Waals surface area contributed by atoms with Gasteiger partial charge >= 0.3 is 0 Å². The summed E-state index contributed by atoms with van der Waals surface area (Å²) in [4.78, 5) is 0. The minimum absolute atomic E-state index is 1.10. The third kappa shape index (κ3) is 2.88. The van der Waals surface area contributed by atoms with Crippen LogP contribution < -0.4 is 0 Å². The summed E-state index contributed by atoms with van der Waals surface area (Å²) in [6.07, 6.45) is 5.53. The Morgan fingerprint density at radius 3 is 2.36 bits per heavy atom. The smallest absolute Gasteiger partial charge is 0.0254 e. The van der Waals surface area contributed by atoms with Crippen LogP contribution in [0.1, 0.15) is 32.8 Å². The molecule has 0 N–H and O–H groups in total. The molecule has 0 atom stereocenters. The van der Waals surface area contributed by atoms with E-state index in [2.05, 4.69) is 57.2 Å². The molecule has 0 heteroatoms. The maximum absolute atomic E-state index is 2.23. The molecule has 0 heterocycles. The maximum atomic E-state index is 2.23. The van der Waals surface area contributed by atoms with E-state index in [1.165, 1.54) is 16.7 Å². The lowest BCUT2D eigenvalue weighted by Gasteiger charge is -2.04. The normalized spacial score (nSPS) is 13.1. The van der Waals surface area contributed by atoms with E-state index >= 15 is 0 Å². The monoisotopic (exact) mass is 186 g/mol. The molecule has 1 rings (SSSR count). The minimum atomic E-state index is 1.10. The van der Waals surface area contributed by atoms with Gasteiger partial charge in [-0.2, -0.15) is 0 Å². The van der Waals surface area contributed by atoms with Gasteiger partial charge in [-0.1, -0.05) is 49.4 Å². The SMILES string of the molecule is C/C=C(CC)\C(C)=C\c1ccccc1. The van der Waals surface area contributed by atoms with Crippen LogP contribution in [0.3, 0.4) is 0 Å². The van der Waals surface area contributed by atoms with Crippen LogP contribution in [0.2, 0.25) is 0 Å². The van der Waals surface area contributed by atoms with Gasteiger partial charge in [-0.25, -0.2) is 0 Å². The third-order valence-electron chi connectivity index (χ3n) is 2.42. The van der Waals surface area contributed by atoms with Gasteiger partial charge in [-0.3, -0.25) is 0 Å². The average Bonchev–Trinajstić information content (AvgIpc) is 2.21. The van der Waals surface area contributed by atoms with E-state index in [1.54, 1.807) is 0 Å². The predicted molar refractivity (Wildman–Crippen MR) is 64.1 cm³/mol. The molecule has 0 spiro atoms. The molecule has 1 aromatic carbocycles. The van der Waals surface area contributed by atoms with Crippen LogP contribution in [0.25, 0.3) is 6.08 Å². The molecule has 0 aliphatic heterocycles. The van der Waals surface area contributed by atoms with Gasteiger partial charge in [0.15, 0.2) is 0 Å². The van der Waals surface area contributed by atoms with Crippen molar-refractivity contribution < 1.29 is 0 Å². The first-order valence-electron chi connectivity index (χ1n) is 5.16. The standard InChI is InChI=1S/C14H18/c1-4-14(5-2)12(3)11-13-9-7-6-8-10-13/h4,6-11H,5H2,1-3H3/b12-11+,14-4-. The van der Waals surface area contributed by atoms with Crippen molar-refractivity contribution in [1.82, 2.24) is 0 Å². The highest BCUT2D eigenvalue weighted by molar-refractivity contribution is 5.57. The van der Waals surface area contributed by atoms with Crippen LogP contribution in [0.15, 0.2) is 47.6 Å². The highest BCUT2D eigenvalue weighted by Gasteiger charge is 1.95. The molecule has 1 aromatic rings. The van der Waals surface area contributed by atoms with Gasteiger partial charge in [-0.15, -0.1) is 0 Å². The van der Waals surface area contributed by atoms with Gasteiger partial charge in [0.05, 0.1) is 0 Å². The quantitative estimate of drug-likeness (QED) is 0.612. The molecule has 0 fully saturated rings. The molecule has 0 nitrogen and oxygen atoms in total. The van der Waals surface area contributed by atoms with Gasteiger partial charge in [0.2, 0.25) is 0 Å². The fourth-order valence-corrected chi connectivity index (χ4v) is 1.60. The Labute approximate surface area is 87.0 Å². The van der Waals surface area contributed by atoms with Crippen LogP contribution in [0, 0.1) is 0 Å². The molecule has 0 unspecified atom stereocenters. The fourth-order valence-electron chi connectivity index (χ4n) is 1.60. The highest BCUT2D eigenvalue weighted by atomic mass is 14.0. The molecule has 0 amide bonds. The Balaban J connectivity index is 2.89. The summed E-state index contributed by atoms with van der Waals surface area (Å²) >= 11 is 0. The van der Waals surface area contributed by atoms with Gasteiger partial charge in [0.1, 0.15) is 0 Å². The Bertz CT molecular complexity index is 328. The van der Waals surface area contributed by atoms with E-state index in [-0.39, 0.29) is 0 Å². The summed E-state index contributed by atoms with van der Waals surface area (Å²) in [5.41, 5.74) is 4.06. The van der Waals surface area contributed by atoms with Crippen LogP contribution in [-0.2, 0) is 0 Å². The van der Waals surface area contributed by atoms with E-state index in [4.69, 9.17) is 0 Å². The van der Waals surface area contributed by atoms with E-state index in [1.807, 2.05) is 6.07 Å². The van der Waals surface area contributed by atoms with Crippen LogP contribution in [-0.4, -0.2) is 0 Å². The summed E-state index contributed by atoms with van der Waals surface area (Å²) in [5, 5.41) is 0.